The van der Waals surface area contributed by atoms with Gasteiger partial charge >= 0.3 is 0 Å². The van der Waals surface area contributed by atoms with Crippen LogP contribution in [0.5, 0.6) is 0 Å². The molecule has 1 heterocycles. The Bertz CT molecular complexity index is 689. The predicted octanol–water partition coefficient (Wildman–Crippen LogP) is 3.51. The first-order chi connectivity index (χ1) is 12.1. The van der Waals surface area contributed by atoms with E-state index in [1.807, 2.05) is 36.4 Å². The van der Waals surface area contributed by atoms with Crippen molar-refractivity contribution >= 4 is 5.91 Å². The van der Waals surface area contributed by atoms with Gasteiger partial charge in [-0.05, 0) is 42.4 Å². The molecule has 25 heavy (non-hydrogen) atoms. The molecule has 132 valence electrons. The van der Waals surface area contributed by atoms with Gasteiger partial charge in [-0.25, -0.2) is 0 Å². The number of hydrogen-bond donors (Lipinski definition) is 2. The molecular weight excluding hydrogens is 312 g/mol. The van der Waals surface area contributed by atoms with E-state index in [4.69, 9.17) is 0 Å². The molecule has 1 atom stereocenters. The maximum absolute atomic E-state index is 12.3. The Morgan fingerprint density at radius 2 is 1.68 bits per heavy atom. The highest BCUT2D eigenvalue weighted by molar-refractivity contribution is 5.79. The Morgan fingerprint density at radius 3 is 2.32 bits per heavy atom. The number of rotatable bonds is 5. The average molecular weight is 339 g/mol. The largest absolute Gasteiger partial charge is 0.353 e. The van der Waals surface area contributed by atoms with Crippen LogP contribution in [0.15, 0.2) is 48.8 Å². The van der Waals surface area contributed by atoms with Crippen LogP contribution in [0, 0.1) is 5.92 Å². The predicted molar refractivity (Wildman–Crippen MR) is 97.1 cm³/mol. The van der Waals surface area contributed by atoms with Gasteiger partial charge in [0.15, 0.2) is 0 Å². The minimum atomic E-state index is 0.104. The van der Waals surface area contributed by atoms with Crippen molar-refractivity contribution in [2.45, 2.75) is 51.5 Å². The second-order valence-electron chi connectivity index (χ2n) is 7.09. The molecule has 4 nitrogen and oxygen atoms in total. The molecule has 0 bridgehead atoms. The van der Waals surface area contributed by atoms with E-state index in [-0.39, 0.29) is 11.9 Å². The average Bonchev–Trinajstić information content (AvgIpc) is 2.64. The van der Waals surface area contributed by atoms with Crippen molar-refractivity contribution in [3.8, 4) is 11.1 Å². The molecule has 0 radical (unpaired) electrons. The lowest BCUT2D eigenvalue weighted by atomic mass is 9.84. The summed E-state index contributed by atoms with van der Waals surface area (Å²) in [5.41, 5.74) is 3.12. The third-order valence-corrected chi connectivity index (χ3v) is 5.21. The zero-order chi connectivity index (χ0) is 17.6. The van der Waals surface area contributed by atoms with E-state index in [1.54, 1.807) is 12.4 Å². The minimum absolute atomic E-state index is 0.104. The van der Waals surface area contributed by atoms with Gasteiger partial charge in [-0.15, -0.1) is 0 Å². The molecule has 1 aromatic heterocycles. The summed E-state index contributed by atoms with van der Waals surface area (Å²) in [7, 11) is 0. The lowest BCUT2D eigenvalue weighted by molar-refractivity contribution is -0.904. The van der Waals surface area contributed by atoms with Crippen LogP contribution in [0.3, 0.4) is 0 Å². The van der Waals surface area contributed by atoms with E-state index in [9.17, 15) is 10.0 Å². The number of aromatic nitrogens is 1. The molecule has 1 aliphatic carbocycles. The van der Waals surface area contributed by atoms with Gasteiger partial charge in [0, 0.05) is 22.9 Å². The van der Waals surface area contributed by atoms with Crippen LogP contribution in [0.25, 0.3) is 11.1 Å². The first kappa shape index (κ1) is 17.5. The topological polar surface area (TPSA) is 53.2 Å². The van der Waals surface area contributed by atoms with E-state index in [2.05, 4.69) is 12.2 Å². The Labute approximate surface area is 149 Å². The van der Waals surface area contributed by atoms with Crippen LogP contribution in [0.4, 0.5) is 0 Å². The summed E-state index contributed by atoms with van der Waals surface area (Å²) < 4.78 is 1.02. The van der Waals surface area contributed by atoms with Gasteiger partial charge in [0.1, 0.15) is 0 Å². The second-order valence-corrected chi connectivity index (χ2v) is 7.09. The maximum Gasteiger partial charge on any atom is 0.224 e. The van der Waals surface area contributed by atoms with Crippen molar-refractivity contribution in [3.63, 3.8) is 0 Å². The third-order valence-electron chi connectivity index (χ3n) is 5.21. The Kier molecular flexibility index (Phi) is 5.69. The molecule has 4 heteroatoms. The van der Waals surface area contributed by atoms with Crippen molar-refractivity contribution in [3.05, 3.63) is 54.4 Å². The van der Waals surface area contributed by atoms with Crippen LogP contribution in [0.1, 0.15) is 44.6 Å². The molecule has 0 spiro atoms. The van der Waals surface area contributed by atoms with E-state index in [1.165, 1.54) is 32.1 Å². The van der Waals surface area contributed by atoms with Crippen molar-refractivity contribution < 1.29 is 14.7 Å². The van der Waals surface area contributed by atoms with Gasteiger partial charge in [-0.3, -0.25) is 10.0 Å². The quantitative estimate of drug-likeness (QED) is 0.647. The molecule has 2 aromatic rings. The first-order valence-electron chi connectivity index (χ1n) is 9.21. The van der Waals surface area contributed by atoms with Gasteiger partial charge in [-0.2, -0.15) is 0 Å². The molecule has 1 fully saturated rings. The molecule has 0 saturated heterocycles. The summed E-state index contributed by atoms with van der Waals surface area (Å²) >= 11 is 0. The van der Waals surface area contributed by atoms with E-state index in [0.29, 0.717) is 12.3 Å². The SMILES string of the molecule is C[C@@H](NC(=O)Cc1ccc(-c2cc[n+](O)cc2)cc1)C1CCCCC1. The second kappa shape index (κ2) is 8.15. The summed E-state index contributed by atoms with van der Waals surface area (Å²) in [6.45, 7) is 2.14. The zero-order valence-electron chi connectivity index (χ0n) is 14.8. The monoisotopic (exact) mass is 339 g/mol. The number of nitrogens with one attached hydrogen (secondary N) is 1. The van der Waals surface area contributed by atoms with Gasteiger partial charge in [0.05, 0.1) is 6.42 Å². The Balaban J connectivity index is 1.55. The number of nitrogens with zero attached hydrogens (tertiary/aromatic N) is 1. The van der Waals surface area contributed by atoms with Crippen LogP contribution < -0.4 is 10.0 Å². The lowest BCUT2D eigenvalue weighted by Gasteiger charge is -2.28. The lowest BCUT2D eigenvalue weighted by Crippen LogP contribution is -2.39. The zero-order valence-corrected chi connectivity index (χ0v) is 14.8. The van der Waals surface area contributed by atoms with Crippen molar-refractivity contribution in [2.24, 2.45) is 5.92 Å². The van der Waals surface area contributed by atoms with E-state index >= 15 is 0 Å². The third kappa shape index (κ3) is 4.81. The fraction of sp³-hybridized carbons (Fsp3) is 0.429. The first-order valence-corrected chi connectivity index (χ1v) is 9.21. The molecule has 2 N–H and O–H groups in total. The molecule has 3 rings (SSSR count). The Morgan fingerprint density at radius 1 is 1.08 bits per heavy atom. The summed E-state index contributed by atoms with van der Waals surface area (Å²) in [6, 6.07) is 12.0. The van der Waals surface area contributed by atoms with E-state index < -0.39 is 0 Å². The summed E-state index contributed by atoms with van der Waals surface area (Å²) in [5, 5.41) is 12.5. The molecule has 0 aliphatic heterocycles. The molecule has 0 unspecified atom stereocenters. The summed E-state index contributed by atoms with van der Waals surface area (Å²) in [4.78, 5) is 12.3. The number of pyridine rings is 1. The molecule has 1 saturated carbocycles. The van der Waals surface area contributed by atoms with Crippen LogP contribution in [-0.4, -0.2) is 17.2 Å². The summed E-state index contributed by atoms with van der Waals surface area (Å²) in [6.07, 6.45) is 10.0. The van der Waals surface area contributed by atoms with Crippen molar-refractivity contribution in [1.82, 2.24) is 5.32 Å². The number of benzene rings is 1. The minimum Gasteiger partial charge on any atom is -0.353 e. The smallest absolute Gasteiger partial charge is 0.224 e. The number of hydrogen-bond acceptors (Lipinski definition) is 2. The number of carbonyl (C=O) groups is 1. The summed E-state index contributed by atoms with van der Waals surface area (Å²) in [5.74, 6) is 0.735. The van der Waals surface area contributed by atoms with E-state index in [0.717, 1.165) is 21.4 Å². The Hall–Kier alpha value is -2.36. The molecule has 1 aliphatic rings. The number of amides is 1. The van der Waals surface area contributed by atoms with Crippen molar-refractivity contribution in [1.29, 1.82) is 0 Å². The standard InChI is InChI=1S/C21H26N2O2/c1-16(18-5-3-2-4-6-18)22-21(24)15-17-7-9-19(10-8-17)20-11-13-23(25)14-12-20/h7-14,16,18H,2-6,15H2,1H3,(H-,22,24,25)/p+1/t16-/m1/s1. The normalized spacial score (nSPS) is 16.4. The highest BCUT2D eigenvalue weighted by Gasteiger charge is 2.21. The van der Waals surface area contributed by atoms with Crippen LogP contribution in [0.2, 0.25) is 0 Å². The van der Waals surface area contributed by atoms with Gasteiger partial charge in [0.2, 0.25) is 18.3 Å². The number of carbonyl (C=O) groups excluding carboxylic acids is 1. The van der Waals surface area contributed by atoms with Gasteiger partial charge in [0.25, 0.3) is 0 Å². The molecule has 1 amide bonds. The van der Waals surface area contributed by atoms with Crippen LogP contribution in [-0.2, 0) is 11.2 Å². The molecule has 1 aromatic carbocycles. The van der Waals surface area contributed by atoms with Crippen LogP contribution >= 0.6 is 0 Å². The maximum atomic E-state index is 12.3. The van der Waals surface area contributed by atoms with Gasteiger partial charge in [-0.1, -0.05) is 43.5 Å². The highest BCUT2D eigenvalue weighted by Crippen LogP contribution is 2.26. The van der Waals surface area contributed by atoms with Crippen molar-refractivity contribution in [2.75, 3.05) is 0 Å². The fourth-order valence-electron chi connectivity index (χ4n) is 3.67. The fourth-order valence-corrected chi connectivity index (χ4v) is 3.67. The highest BCUT2D eigenvalue weighted by atomic mass is 16.5. The van der Waals surface area contributed by atoms with Gasteiger partial charge < -0.3 is 5.32 Å². The molecular formula is C21H27N2O2+.